The van der Waals surface area contributed by atoms with E-state index >= 15 is 0 Å². The van der Waals surface area contributed by atoms with Gasteiger partial charge in [0.1, 0.15) is 11.3 Å². The number of likely N-dealkylation sites (tertiary alicyclic amines) is 1. The number of carbonyl (C=O) groups is 1. The van der Waals surface area contributed by atoms with Gasteiger partial charge in [0.2, 0.25) is 5.91 Å². The Balaban J connectivity index is 1.67. The smallest absolute Gasteiger partial charge is 0.225 e. The van der Waals surface area contributed by atoms with E-state index < -0.39 is 0 Å². The van der Waals surface area contributed by atoms with Crippen molar-refractivity contribution in [3.63, 3.8) is 0 Å². The number of anilines is 1. The maximum atomic E-state index is 12.0. The number of hydrogen-bond acceptors (Lipinski definition) is 5. The van der Waals surface area contributed by atoms with Gasteiger partial charge >= 0.3 is 0 Å². The van der Waals surface area contributed by atoms with E-state index in [4.69, 9.17) is 0 Å². The highest BCUT2D eigenvalue weighted by Crippen LogP contribution is 2.17. The van der Waals surface area contributed by atoms with E-state index in [1.807, 2.05) is 30.9 Å². The number of hydrogen-bond donors (Lipinski definition) is 1. The summed E-state index contributed by atoms with van der Waals surface area (Å²) in [5.74, 6) is 1.06. The summed E-state index contributed by atoms with van der Waals surface area (Å²) in [5.41, 5.74) is 1.42. The monoisotopic (exact) mass is 285 g/mol. The van der Waals surface area contributed by atoms with Crippen LogP contribution in [0.25, 0.3) is 11.2 Å². The second-order valence-corrected chi connectivity index (χ2v) is 5.66. The Labute approximate surface area is 123 Å². The van der Waals surface area contributed by atoms with Crippen molar-refractivity contribution in [2.75, 3.05) is 18.4 Å². The lowest BCUT2D eigenvalue weighted by molar-refractivity contribution is -0.133. The van der Waals surface area contributed by atoms with E-state index in [1.54, 1.807) is 12.4 Å². The molecule has 1 N–H and O–H groups in total. The summed E-state index contributed by atoms with van der Waals surface area (Å²) in [6, 6.07) is 4.06. The van der Waals surface area contributed by atoms with Gasteiger partial charge in [-0.05, 0) is 18.6 Å². The molecule has 110 valence electrons. The van der Waals surface area contributed by atoms with Gasteiger partial charge < -0.3 is 10.2 Å². The minimum absolute atomic E-state index is 0.0535. The van der Waals surface area contributed by atoms with Crippen molar-refractivity contribution in [1.82, 2.24) is 19.9 Å². The predicted molar refractivity (Wildman–Crippen MR) is 80.8 cm³/mol. The first-order valence-corrected chi connectivity index (χ1v) is 7.26. The van der Waals surface area contributed by atoms with Gasteiger partial charge in [0.25, 0.3) is 0 Å². The Morgan fingerprint density at radius 2 is 2.14 bits per heavy atom. The van der Waals surface area contributed by atoms with Gasteiger partial charge in [0, 0.05) is 37.4 Å². The number of pyridine rings is 1. The number of rotatable bonds is 3. The van der Waals surface area contributed by atoms with Gasteiger partial charge in [0.15, 0.2) is 5.65 Å². The molecule has 1 aliphatic heterocycles. The molecule has 2 aromatic rings. The van der Waals surface area contributed by atoms with Crippen LogP contribution in [0.1, 0.15) is 20.3 Å². The lowest BCUT2D eigenvalue weighted by atomic mass is 10.2. The Hall–Kier alpha value is -2.24. The second-order valence-electron chi connectivity index (χ2n) is 5.66. The number of nitrogens with zero attached hydrogens (tertiary/aromatic N) is 4. The summed E-state index contributed by atoms with van der Waals surface area (Å²) < 4.78 is 0. The maximum absolute atomic E-state index is 12.0. The predicted octanol–water partition coefficient (Wildman–Crippen LogP) is 1.69. The molecule has 3 heterocycles. The van der Waals surface area contributed by atoms with Crippen molar-refractivity contribution < 1.29 is 4.79 Å². The van der Waals surface area contributed by atoms with E-state index in [2.05, 4.69) is 20.3 Å². The van der Waals surface area contributed by atoms with Gasteiger partial charge in [-0.25, -0.2) is 9.97 Å². The molecule has 0 spiro atoms. The third-order valence-corrected chi connectivity index (χ3v) is 3.68. The zero-order valence-electron chi connectivity index (χ0n) is 12.3. The summed E-state index contributed by atoms with van der Waals surface area (Å²) in [7, 11) is 0. The summed E-state index contributed by atoms with van der Waals surface area (Å²) in [6.07, 6.45) is 4.24. The van der Waals surface area contributed by atoms with Crippen LogP contribution in [0.3, 0.4) is 0 Å². The van der Waals surface area contributed by atoms with Gasteiger partial charge in [-0.1, -0.05) is 13.8 Å². The molecule has 0 aromatic carbocycles. The fraction of sp³-hybridized carbons (Fsp3) is 0.467. The van der Waals surface area contributed by atoms with Crippen LogP contribution in [0.4, 0.5) is 5.82 Å². The molecule has 0 unspecified atom stereocenters. The van der Waals surface area contributed by atoms with E-state index in [1.165, 1.54) is 0 Å². The minimum Gasteiger partial charge on any atom is -0.365 e. The first kappa shape index (κ1) is 13.7. The van der Waals surface area contributed by atoms with Crippen LogP contribution in [0.15, 0.2) is 24.5 Å². The Morgan fingerprint density at radius 3 is 2.95 bits per heavy atom. The van der Waals surface area contributed by atoms with Crippen LogP contribution in [-0.4, -0.2) is 44.9 Å². The fourth-order valence-corrected chi connectivity index (χ4v) is 2.59. The van der Waals surface area contributed by atoms with E-state index in [0.29, 0.717) is 5.65 Å². The highest BCUT2D eigenvalue weighted by Gasteiger charge is 2.27. The normalized spacial score (nSPS) is 18.4. The lowest BCUT2D eigenvalue weighted by Crippen LogP contribution is -2.34. The van der Waals surface area contributed by atoms with Crippen LogP contribution < -0.4 is 5.32 Å². The molecule has 1 saturated heterocycles. The molecule has 0 bridgehead atoms. The van der Waals surface area contributed by atoms with E-state index in [-0.39, 0.29) is 17.9 Å². The molecular formula is C15H19N5O. The van der Waals surface area contributed by atoms with Crippen molar-refractivity contribution in [1.29, 1.82) is 0 Å². The highest BCUT2D eigenvalue weighted by atomic mass is 16.2. The first-order valence-electron chi connectivity index (χ1n) is 7.26. The molecule has 0 aliphatic carbocycles. The number of aromatic nitrogens is 3. The van der Waals surface area contributed by atoms with Gasteiger partial charge in [-0.3, -0.25) is 9.78 Å². The molecule has 6 nitrogen and oxygen atoms in total. The number of fused-ring (bicyclic) bond motifs is 1. The van der Waals surface area contributed by atoms with Crippen LogP contribution in [0, 0.1) is 5.92 Å². The zero-order chi connectivity index (χ0) is 14.8. The third-order valence-electron chi connectivity index (χ3n) is 3.68. The van der Waals surface area contributed by atoms with Crippen molar-refractivity contribution >= 4 is 22.9 Å². The average molecular weight is 285 g/mol. The SMILES string of the molecule is CC(C)C(=O)N1CC[C@@H](Nc2ccc3nccnc3n2)C1. The number of nitrogens with one attached hydrogen (secondary N) is 1. The Morgan fingerprint density at radius 1 is 1.33 bits per heavy atom. The molecule has 1 aliphatic rings. The van der Waals surface area contributed by atoms with Crippen molar-refractivity contribution in [2.24, 2.45) is 5.92 Å². The third kappa shape index (κ3) is 2.94. The maximum Gasteiger partial charge on any atom is 0.225 e. The van der Waals surface area contributed by atoms with Crippen LogP contribution in [0.2, 0.25) is 0 Å². The molecule has 6 heteroatoms. The average Bonchev–Trinajstić information content (AvgIpc) is 2.94. The molecule has 3 rings (SSSR count). The van der Waals surface area contributed by atoms with Crippen LogP contribution in [-0.2, 0) is 4.79 Å². The van der Waals surface area contributed by atoms with Crippen LogP contribution >= 0.6 is 0 Å². The summed E-state index contributed by atoms with van der Waals surface area (Å²) in [6.45, 7) is 5.42. The van der Waals surface area contributed by atoms with Gasteiger partial charge in [0.05, 0.1) is 0 Å². The second kappa shape index (κ2) is 5.63. The van der Waals surface area contributed by atoms with Gasteiger partial charge in [-0.15, -0.1) is 0 Å². The summed E-state index contributed by atoms with van der Waals surface area (Å²) in [5, 5.41) is 3.38. The minimum atomic E-state index is 0.0535. The van der Waals surface area contributed by atoms with E-state index in [9.17, 15) is 4.79 Å². The molecule has 1 atom stereocenters. The largest absolute Gasteiger partial charge is 0.365 e. The fourth-order valence-electron chi connectivity index (χ4n) is 2.59. The standard InChI is InChI=1S/C15H19N5O/c1-10(2)15(21)20-8-5-11(9-20)18-13-4-3-12-14(19-13)17-7-6-16-12/h3-4,6-7,10-11H,5,8-9H2,1-2H3,(H,17,18,19)/t11-/m1/s1. The molecule has 1 amide bonds. The van der Waals surface area contributed by atoms with E-state index in [0.717, 1.165) is 30.8 Å². The topological polar surface area (TPSA) is 71.0 Å². The molecular weight excluding hydrogens is 266 g/mol. The number of amides is 1. The quantitative estimate of drug-likeness (QED) is 0.929. The number of carbonyl (C=O) groups excluding carboxylic acids is 1. The van der Waals surface area contributed by atoms with Gasteiger partial charge in [-0.2, -0.15) is 0 Å². The summed E-state index contributed by atoms with van der Waals surface area (Å²) >= 11 is 0. The zero-order valence-corrected chi connectivity index (χ0v) is 12.3. The molecule has 0 saturated carbocycles. The highest BCUT2D eigenvalue weighted by molar-refractivity contribution is 5.78. The Kier molecular flexibility index (Phi) is 3.68. The molecule has 0 radical (unpaired) electrons. The molecule has 2 aromatic heterocycles. The Bertz CT molecular complexity index is 657. The van der Waals surface area contributed by atoms with Crippen LogP contribution in [0.5, 0.6) is 0 Å². The van der Waals surface area contributed by atoms with Crippen molar-refractivity contribution in [3.8, 4) is 0 Å². The molecule has 1 fully saturated rings. The first-order chi connectivity index (χ1) is 10.1. The van der Waals surface area contributed by atoms with Crippen molar-refractivity contribution in [3.05, 3.63) is 24.5 Å². The summed E-state index contributed by atoms with van der Waals surface area (Å²) in [4.78, 5) is 26.8. The van der Waals surface area contributed by atoms with Crippen molar-refractivity contribution in [2.45, 2.75) is 26.3 Å². The lowest BCUT2D eigenvalue weighted by Gasteiger charge is -2.19. The molecule has 21 heavy (non-hydrogen) atoms.